The summed E-state index contributed by atoms with van der Waals surface area (Å²) in [5.74, 6) is -0.228. The van der Waals surface area contributed by atoms with E-state index in [0.717, 1.165) is 21.8 Å². The van der Waals surface area contributed by atoms with Gasteiger partial charge in [0.15, 0.2) is 11.5 Å². The normalized spacial score (nSPS) is 15.1. The minimum Gasteiger partial charge on any atom is -0.493 e. The SMILES string of the molecule is COc1cc(/C=C2\SC(=O)N(Cc3cccc(Br)c3)C2=O)ccc1OS(=O)(=O)c1ccccc1. The van der Waals surface area contributed by atoms with Gasteiger partial charge in [0.2, 0.25) is 0 Å². The highest BCUT2D eigenvalue weighted by atomic mass is 79.9. The first-order chi connectivity index (χ1) is 16.3. The number of hydrogen-bond donors (Lipinski definition) is 0. The van der Waals surface area contributed by atoms with Crippen LogP contribution in [0.3, 0.4) is 0 Å². The van der Waals surface area contributed by atoms with Gasteiger partial charge in [-0.15, -0.1) is 0 Å². The van der Waals surface area contributed by atoms with Crippen LogP contribution in [0.2, 0.25) is 0 Å². The molecular weight excluding hydrogens is 542 g/mol. The van der Waals surface area contributed by atoms with Crippen molar-refractivity contribution in [3.63, 3.8) is 0 Å². The third-order valence-corrected chi connectivity index (χ3v) is 7.47. The van der Waals surface area contributed by atoms with Gasteiger partial charge in [-0.25, -0.2) is 0 Å². The van der Waals surface area contributed by atoms with Crippen molar-refractivity contribution in [1.82, 2.24) is 4.90 Å². The molecule has 0 bridgehead atoms. The number of methoxy groups -OCH3 is 1. The Hall–Kier alpha value is -3.08. The highest BCUT2D eigenvalue weighted by Gasteiger charge is 2.35. The van der Waals surface area contributed by atoms with Crippen LogP contribution in [0.4, 0.5) is 4.79 Å². The van der Waals surface area contributed by atoms with Gasteiger partial charge in [-0.3, -0.25) is 14.5 Å². The Labute approximate surface area is 209 Å². The number of thioether (sulfide) groups is 1. The Morgan fingerprint density at radius 3 is 2.44 bits per heavy atom. The molecule has 1 fully saturated rings. The smallest absolute Gasteiger partial charge is 0.339 e. The molecule has 3 aromatic carbocycles. The van der Waals surface area contributed by atoms with Gasteiger partial charge in [-0.2, -0.15) is 8.42 Å². The van der Waals surface area contributed by atoms with E-state index in [9.17, 15) is 18.0 Å². The zero-order chi connectivity index (χ0) is 24.3. The summed E-state index contributed by atoms with van der Waals surface area (Å²) in [6, 6.07) is 19.7. The van der Waals surface area contributed by atoms with E-state index in [1.54, 1.807) is 30.3 Å². The van der Waals surface area contributed by atoms with Gasteiger partial charge in [0.05, 0.1) is 18.6 Å². The number of nitrogens with zero attached hydrogens (tertiary/aromatic N) is 1. The minimum absolute atomic E-state index is 0.00580. The van der Waals surface area contributed by atoms with Crippen molar-refractivity contribution < 1.29 is 26.9 Å². The lowest BCUT2D eigenvalue weighted by molar-refractivity contribution is -0.123. The summed E-state index contributed by atoms with van der Waals surface area (Å²) < 4.78 is 36.5. The first-order valence-electron chi connectivity index (χ1n) is 9.94. The number of rotatable bonds is 7. The predicted octanol–water partition coefficient (Wildman–Crippen LogP) is 5.46. The molecule has 1 aliphatic rings. The van der Waals surface area contributed by atoms with E-state index in [1.807, 2.05) is 24.3 Å². The van der Waals surface area contributed by atoms with Crippen molar-refractivity contribution in [2.75, 3.05) is 7.11 Å². The van der Waals surface area contributed by atoms with Crippen LogP contribution in [0, 0.1) is 0 Å². The Morgan fingerprint density at radius 2 is 1.74 bits per heavy atom. The van der Waals surface area contributed by atoms with Crippen LogP contribution in [-0.2, 0) is 21.5 Å². The molecule has 0 saturated carbocycles. The molecule has 1 heterocycles. The van der Waals surface area contributed by atoms with Gasteiger partial charge < -0.3 is 8.92 Å². The molecule has 2 amide bonds. The molecule has 10 heteroatoms. The van der Waals surface area contributed by atoms with Crippen LogP contribution in [0.15, 0.2) is 87.1 Å². The van der Waals surface area contributed by atoms with Crippen LogP contribution in [0.1, 0.15) is 11.1 Å². The lowest BCUT2D eigenvalue weighted by Gasteiger charge is -2.12. The van der Waals surface area contributed by atoms with Crippen LogP contribution >= 0.6 is 27.7 Å². The van der Waals surface area contributed by atoms with Crippen molar-refractivity contribution >= 4 is 55.0 Å². The Bertz CT molecular complexity index is 1390. The maximum absolute atomic E-state index is 12.8. The van der Waals surface area contributed by atoms with E-state index in [-0.39, 0.29) is 33.1 Å². The van der Waals surface area contributed by atoms with Crippen molar-refractivity contribution in [2.24, 2.45) is 0 Å². The van der Waals surface area contributed by atoms with Crippen molar-refractivity contribution in [3.8, 4) is 11.5 Å². The van der Waals surface area contributed by atoms with Crippen LogP contribution < -0.4 is 8.92 Å². The van der Waals surface area contributed by atoms with Crippen LogP contribution in [0.25, 0.3) is 6.08 Å². The Kier molecular flexibility index (Phi) is 7.11. The van der Waals surface area contributed by atoms with E-state index < -0.39 is 16.0 Å². The van der Waals surface area contributed by atoms with Crippen LogP contribution in [-0.4, -0.2) is 31.6 Å². The molecule has 34 heavy (non-hydrogen) atoms. The summed E-state index contributed by atoms with van der Waals surface area (Å²) in [5, 5.41) is -0.364. The molecule has 4 rings (SSSR count). The minimum atomic E-state index is -4.05. The third kappa shape index (κ3) is 5.35. The molecule has 0 N–H and O–H groups in total. The molecule has 174 valence electrons. The summed E-state index contributed by atoms with van der Waals surface area (Å²) in [6.45, 7) is 0.162. The Balaban J connectivity index is 1.55. The monoisotopic (exact) mass is 559 g/mol. The van der Waals surface area contributed by atoms with Crippen molar-refractivity contribution in [1.29, 1.82) is 0 Å². The standard InChI is InChI=1S/C24H18BrNO6S2/c1-31-21-13-16(10-11-20(21)32-34(29,30)19-8-3-2-4-9-19)14-22-23(27)26(24(28)33-22)15-17-6-5-7-18(25)12-17/h2-14H,15H2,1H3/b22-14-. The number of hydrogen-bond acceptors (Lipinski definition) is 7. The molecule has 0 aromatic heterocycles. The van der Waals surface area contributed by atoms with E-state index >= 15 is 0 Å². The number of imide groups is 1. The van der Waals surface area contributed by atoms with Crippen molar-refractivity contribution in [2.45, 2.75) is 11.4 Å². The number of ether oxygens (including phenoxy) is 1. The molecule has 3 aromatic rings. The molecule has 0 spiro atoms. The second-order valence-electron chi connectivity index (χ2n) is 7.16. The topological polar surface area (TPSA) is 90.0 Å². The zero-order valence-electron chi connectivity index (χ0n) is 17.8. The summed E-state index contributed by atoms with van der Waals surface area (Å²) in [7, 11) is -2.66. The van der Waals surface area contributed by atoms with Gasteiger partial charge in [-0.1, -0.05) is 52.3 Å². The van der Waals surface area contributed by atoms with E-state index in [1.165, 1.54) is 36.3 Å². The average Bonchev–Trinajstić information content (AvgIpc) is 3.08. The van der Waals surface area contributed by atoms with E-state index in [0.29, 0.717) is 5.56 Å². The fourth-order valence-electron chi connectivity index (χ4n) is 3.20. The summed E-state index contributed by atoms with van der Waals surface area (Å²) >= 11 is 4.23. The molecule has 7 nitrogen and oxygen atoms in total. The van der Waals surface area contributed by atoms with Crippen molar-refractivity contribution in [3.05, 3.63) is 93.3 Å². The van der Waals surface area contributed by atoms with Gasteiger partial charge in [0, 0.05) is 4.47 Å². The number of amides is 2. The van der Waals surface area contributed by atoms with Gasteiger partial charge in [0.25, 0.3) is 11.1 Å². The van der Waals surface area contributed by atoms with Crippen LogP contribution in [0.5, 0.6) is 11.5 Å². The second kappa shape index (κ2) is 10.0. The number of halogens is 1. The van der Waals surface area contributed by atoms with Gasteiger partial charge >= 0.3 is 10.1 Å². The quantitative estimate of drug-likeness (QED) is 0.280. The maximum Gasteiger partial charge on any atom is 0.339 e. The number of benzene rings is 3. The predicted molar refractivity (Wildman–Crippen MR) is 133 cm³/mol. The first-order valence-corrected chi connectivity index (χ1v) is 13.0. The fourth-order valence-corrected chi connectivity index (χ4v) is 5.45. The highest BCUT2D eigenvalue weighted by Crippen LogP contribution is 2.36. The molecule has 0 radical (unpaired) electrons. The lowest BCUT2D eigenvalue weighted by atomic mass is 10.1. The highest BCUT2D eigenvalue weighted by molar-refractivity contribution is 9.10. The third-order valence-electron chi connectivity index (χ3n) is 4.82. The second-order valence-corrected chi connectivity index (χ2v) is 10.6. The lowest BCUT2D eigenvalue weighted by Crippen LogP contribution is -2.27. The summed E-state index contributed by atoms with van der Waals surface area (Å²) in [4.78, 5) is 26.7. The zero-order valence-corrected chi connectivity index (χ0v) is 21.0. The largest absolute Gasteiger partial charge is 0.493 e. The molecule has 0 aliphatic carbocycles. The van der Waals surface area contributed by atoms with E-state index in [2.05, 4.69) is 15.9 Å². The molecular formula is C24H18BrNO6S2. The average molecular weight is 560 g/mol. The van der Waals surface area contributed by atoms with E-state index in [4.69, 9.17) is 8.92 Å². The van der Waals surface area contributed by atoms with Gasteiger partial charge in [0.1, 0.15) is 4.90 Å². The molecule has 0 atom stereocenters. The summed E-state index contributed by atoms with van der Waals surface area (Å²) in [6.07, 6.45) is 1.56. The first kappa shape index (κ1) is 24.1. The Morgan fingerprint density at radius 1 is 0.971 bits per heavy atom. The molecule has 1 aliphatic heterocycles. The number of carbonyl (C=O) groups is 2. The number of carbonyl (C=O) groups excluding carboxylic acids is 2. The summed E-state index contributed by atoms with van der Waals surface area (Å²) in [5.41, 5.74) is 1.37. The van der Waals surface area contributed by atoms with Gasteiger partial charge in [-0.05, 0) is 65.4 Å². The molecule has 0 unspecified atom stereocenters. The fraction of sp³-hybridized carbons (Fsp3) is 0.0833. The molecule has 1 saturated heterocycles. The maximum atomic E-state index is 12.8.